The Morgan fingerprint density at radius 1 is 1.27 bits per heavy atom. The third-order valence-electron chi connectivity index (χ3n) is 3.43. The van der Waals surface area contributed by atoms with E-state index in [0.717, 1.165) is 0 Å². The first kappa shape index (κ1) is 10.7. The number of benzene rings is 1. The Balaban J connectivity index is 2.09. The van der Waals surface area contributed by atoms with E-state index in [9.17, 15) is 0 Å². The molecule has 0 saturated carbocycles. The molecule has 0 amide bonds. The van der Waals surface area contributed by atoms with Gasteiger partial charge in [0.1, 0.15) is 0 Å². The largest absolute Gasteiger partial charge is 0.323 e. The molecule has 1 aliphatic heterocycles. The first-order valence-electron chi connectivity index (χ1n) is 5.80. The number of likely N-dealkylation sites (N-methyl/N-ethyl adjacent to an activating group) is 1. The molecule has 0 aromatic heterocycles. The summed E-state index contributed by atoms with van der Waals surface area (Å²) >= 11 is 0. The molecule has 1 fully saturated rings. The molecule has 1 aromatic rings. The average Bonchev–Trinajstić information content (AvgIpc) is 2.30. The zero-order valence-electron chi connectivity index (χ0n) is 9.39. The van der Waals surface area contributed by atoms with E-state index in [-0.39, 0.29) is 6.04 Å². The van der Waals surface area contributed by atoms with Crippen molar-refractivity contribution in [3.63, 3.8) is 0 Å². The van der Waals surface area contributed by atoms with Gasteiger partial charge in [0.15, 0.2) is 0 Å². The molecule has 1 aromatic carbocycles. The highest BCUT2D eigenvalue weighted by Gasteiger charge is 2.25. The van der Waals surface area contributed by atoms with E-state index in [2.05, 4.69) is 36.2 Å². The minimum atomic E-state index is 0.163. The van der Waals surface area contributed by atoms with Crippen LogP contribution in [0, 0.1) is 0 Å². The van der Waals surface area contributed by atoms with Gasteiger partial charge in [-0.05, 0) is 32.0 Å². The quantitative estimate of drug-likeness (QED) is 0.800. The van der Waals surface area contributed by atoms with Gasteiger partial charge in [-0.3, -0.25) is 0 Å². The number of piperidine rings is 1. The zero-order chi connectivity index (χ0) is 10.7. The maximum absolute atomic E-state index is 6.32. The summed E-state index contributed by atoms with van der Waals surface area (Å²) in [6, 6.07) is 11.1. The van der Waals surface area contributed by atoms with Crippen LogP contribution in [-0.4, -0.2) is 24.5 Å². The highest BCUT2D eigenvalue weighted by atomic mass is 15.1. The van der Waals surface area contributed by atoms with Crippen LogP contribution in [-0.2, 0) is 0 Å². The molecule has 2 atom stereocenters. The number of likely N-dealkylation sites (tertiary alicyclic amines) is 1. The van der Waals surface area contributed by atoms with Gasteiger partial charge in [0, 0.05) is 12.1 Å². The van der Waals surface area contributed by atoms with Gasteiger partial charge in [0.05, 0.1) is 0 Å². The van der Waals surface area contributed by atoms with Crippen LogP contribution in [0.5, 0.6) is 0 Å². The summed E-state index contributed by atoms with van der Waals surface area (Å²) in [4.78, 5) is 2.40. The van der Waals surface area contributed by atoms with Crippen molar-refractivity contribution >= 4 is 0 Å². The van der Waals surface area contributed by atoms with Gasteiger partial charge in [0.2, 0.25) is 0 Å². The Morgan fingerprint density at radius 3 is 2.67 bits per heavy atom. The lowest BCUT2D eigenvalue weighted by molar-refractivity contribution is 0.160. The SMILES string of the molecule is CN1CCCC[C@H]1C(N)c1ccccc1. The van der Waals surface area contributed by atoms with Crippen LogP contribution >= 0.6 is 0 Å². The van der Waals surface area contributed by atoms with Gasteiger partial charge in [-0.25, -0.2) is 0 Å². The van der Waals surface area contributed by atoms with E-state index < -0.39 is 0 Å². The Hall–Kier alpha value is -0.860. The summed E-state index contributed by atoms with van der Waals surface area (Å²) < 4.78 is 0. The van der Waals surface area contributed by atoms with Gasteiger partial charge < -0.3 is 10.6 Å². The molecule has 2 heteroatoms. The van der Waals surface area contributed by atoms with Crippen molar-refractivity contribution < 1.29 is 0 Å². The van der Waals surface area contributed by atoms with E-state index in [1.54, 1.807) is 0 Å². The van der Waals surface area contributed by atoms with Crippen LogP contribution in [0.4, 0.5) is 0 Å². The van der Waals surface area contributed by atoms with E-state index in [1.165, 1.54) is 31.4 Å². The molecule has 1 unspecified atom stereocenters. The summed E-state index contributed by atoms with van der Waals surface area (Å²) in [5.41, 5.74) is 7.58. The summed E-state index contributed by atoms with van der Waals surface area (Å²) in [5.74, 6) is 0. The van der Waals surface area contributed by atoms with Crippen LogP contribution in [0.15, 0.2) is 30.3 Å². The number of hydrogen-bond acceptors (Lipinski definition) is 2. The van der Waals surface area contributed by atoms with Crippen molar-refractivity contribution in [1.82, 2.24) is 4.90 Å². The Kier molecular flexibility index (Phi) is 3.39. The topological polar surface area (TPSA) is 29.3 Å². The second-order valence-corrected chi connectivity index (χ2v) is 4.48. The molecular weight excluding hydrogens is 184 g/mol. The van der Waals surface area contributed by atoms with Crippen molar-refractivity contribution in [3.05, 3.63) is 35.9 Å². The lowest BCUT2D eigenvalue weighted by atomic mass is 9.92. The third kappa shape index (κ3) is 2.39. The smallest absolute Gasteiger partial charge is 0.0452 e. The molecular formula is C13H20N2. The maximum Gasteiger partial charge on any atom is 0.0452 e. The highest BCUT2D eigenvalue weighted by molar-refractivity contribution is 5.20. The second kappa shape index (κ2) is 4.77. The van der Waals surface area contributed by atoms with Crippen LogP contribution < -0.4 is 5.73 Å². The summed E-state index contributed by atoms with van der Waals surface area (Å²) in [7, 11) is 2.19. The Morgan fingerprint density at radius 2 is 2.00 bits per heavy atom. The molecule has 0 radical (unpaired) electrons. The summed E-state index contributed by atoms with van der Waals surface area (Å²) in [6.45, 7) is 1.19. The molecule has 0 aliphatic carbocycles. The van der Waals surface area contributed by atoms with Crippen LogP contribution in [0.2, 0.25) is 0 Å². The highest BCUT2D eigenvalue weighted by Crippen LogP contribution is 2.25. The van der Waals surface area contributed by atoms with E-state index in [0.29, 0.717) is 6.04 Å². The number of rotatable bonds is 2. The van der Waals surface area contributed by atoms with E-state index >= 15 is 0 Å². The summed E-state index contributed by atoms with van der Waals surface area (Å²) in [6.07, 6.45) is 3.86. The van der Waals surface area contributed by atoms with E-state index in [4.69, 9.17) is 5.73 Å². The Labute approximate surface area is 92.1 Å². The van der Waals surface area contributed by atoms with Crippen molar-refractivity contribution in [1.29, 1.82) is 0 Å². The third-order valence-corrected chi connectivity index (χ3v) is 3.43. The molecule has 2 N–H and O–H groups in total. The van der Waals surface area contributed by atoms with Crippen LogP contribution in [0.1, 0.15) is 30.9 Å². The number of nitrogens with zero attached hydrogens (tertiary/aromatic N) is 1. The van der Waals surface area contributed by atoms with Gasteiger partial charge in [-0.15, -0.1) is 0 Å². The molecule has 1 saturated heterocycles. The standard InChI is InChI=1S/C13H20N2/c1-15-10-6-5-9-12(15)13(14)11-7-3-2-4-8-11/h2-4,7-8,12-13H,5-6,9-10,14H2,1H3/t12-,13?/m0/s1. The van der Waals surface area contributed by atoms with Gasteiger partial charge >= 0.3 is 0 Å². The molecule has 82 valence electrons. The lowest BCUT2D eigenvalue weighted by Crippen LogP contribution is -2.43. The predicted octanol–water partition coefficient (Wildman–Crippen LogP) is 2.17. The van der Waals surface area contributed by atoms with E-state index in [1.807, 2.05) is 6.07 Å². The molecule has 1 heterocycles. The monoisotopic (exact) mass is 204 g/mol. The number of hydrogen-bond donors (Lipinski definition) is 1. The van der Waals surface area contributed by atoms with Crippen molar-refractivity contribution in [2.24, 2.45) is 5.73 Å². The molecule has 0 spiro atoms. The minimum absolute atomic E-state index is 0.163. The summed E-state index contributed by atoms with van der Waals surface area (Å²) in [5, 5.41) is 0. The average molecular weight is 204 g/mol. The maximum atomic E-state index is 6.32. The van der Waals surface area contributed by atoms with Crippen molar-refractivity contribution in [3.8, 4) is 0 Å². The normalized spacial score (nSPS) is 25.1. The Bertz CT molecular complexity index is 297. The van der Waals surface area contributed by atoms with Gasteiger partial charge in [0.25, 0.3) is 0 Å². The first-order chi connectivity index (χ1) is 7.29. The van der Waals surface area contributed by atoms with Gasteiger partial charge in [-0.1, -0.05) is 36.8 Å². The first-order valence-corrected chi connectivity index (χ1v) is 5.80. The fourth-order valence-electron chi connectivity index (χ4n) is 2.45. The molecule has 2 rings (SSSR count). The predicted molar refractivity (Wildman–Crippen MR) is 63.6 cm³/mol. The molecule has 0 bridgehead atoms. The van der Waals surface area contributed by atoms with Crippen molar-refractivity contribution in [2.75, 3.05) is 13.6 Å². The van der Waals surface area contributed by atoms with Crippen LogP contribution in [0.25, 0.3) is 0 Å². The fourth-order valence-corrected chi connectivity index (χ4v) is 2.45. The molecule has 1 aliphatic rings. The second-order valence-electron chi connectivity index (χ2n) is 4.48. The molecule has 2 nitrogen and oxygen atoms in total. The van der Waals surface area contributed by atoms with Crippen molar-refractivity contribution in [2.45, 2.75) is 31.3 Å². The van der Waals surface area contributed by atoms with Crippen LogP contribution in [0.3, 0.4) is 0 Å². The number of nitrogens with two attached hydrogens (primary N) is 1. The fraction of sp³-hybridized carbons (Fsp3) is 0.538. The zero-order valence-corrected chi connectivity index (χ0v) is 9.39. The molecule has 15 heavy (non-hydrogen) atoms. The van der Waals surface area contributed by atoms with Gasteiger partial charge in [-0.2, -0.15) is 0 Å². The minimum Gasteiger partial charge on any atom is -0.323 e. The lowest BCUT2D eigenvalue weighted by Gasteiger charge is -2.36.